The fraction of sp³-hybridized carbons (Fsp3) is 0.529. The molecule has 2 unspecified atom stereocenters. The zero-order chi connectivity index (χ0) is 15.6. The number of hydrogen-bond acceptors (Lipinski definition) is 2. The summed E-state index contributed by atoms with van der Waals surface area (Å²) in [6.07, 6.45) is 1.39. The standard InChI is InChI=1S/C17H23NO3/c1-11(2)13-4-6-14(7-5-13)16(19)18-9-8-12(3)10-15(18)17(20)21/h4-7,11-12,15H,8-10H2,1-3H3,(H,20,21). The molecule has 2 atom stereocenters. The lowest BCUT2D eigenvalue weighted by Gasteiger charge is -2.36. The molecule has 0 aromatic heterocycles. The summed E-state index contributed by atoms with van der Waals surface area (Å²) in [7, 11) is 0. The summed E-state index contributed by atoms with van der Waals surface area (Å²) in [6, 6.07) is 6.79. The number of carbonyl (C=O) groups excluding carboxylic acids is 1. The number of carboxylic acid groups (broad SMARTS) is 1. The van der Waals surface area contributed by atoms with Crippen molar-refractivity contribution in [1.29, 1.82) is 0 Å². The van der Waals surface area contributed by atoms with Crippen molar-refractivity contribution in [3.63, 3.8) is 0 Å². The van der Waals surface area contributed by atoms with E-state index >= 15 is 0 Å². The number of carboxylic acids is 1. The normalized spacial score (nSPS) is 22.4. The highest BCUT2D eigenvalue weighted by Crippen LogP contribution is 2.25. The Morgan fingerprint density at radius 1 is 1.24 bits per heavy atom. The van der Waals surface area contributed by atoms with Crippen LogP contribution in [0.2, 0.25) is 0 Å². The first-order chi connectivity index (χ1) is 9.90. The lowest BCUT2D eigenvalue weighted by atomic mass is 9.91. The Kier molecular flexibility index (Phi) is 4.66. The largest absolute Gasteiger partial charge is 0.480 e. The molecule has 1 aliphatic heterocycles. The minimum atomic E-state index is -0.909. The first kappa shape index (κ1) is 15.5. The van der Waals surface area contributed by atoms with Crippen molar-refractivity contribution in [3.05, 3.63) is 35.4 Å². The minimum absolute atomic E-state index is 0.176. The molecule has 1 fully saturated rings. The van der Waals surface area contributed by atoms with Gasteiger partial charge in [0.05, 0.1) is 0 Å². The molecule has 0 bridgehead atoms. The zero-order valence-electron chi connectivity index (χ0n) is 12.9. The number of likely N-dealkylation sites (tertiary alicyclic amines) is 1. The Balaban J connectivity index is 2.19. The Labute approximate surface area is 125 Å². The first-order valence-corrected chi connectivity index (χ1v) is 7.54. The van der Waals surface area contributed by atoms with Gasteiger partial charge in [0, 0.05) is 12.1 Å². The maximum Gasteiger partial charge on any atom is 0.326 e. The molecule has 1 aromatic carbocycles. The highest BCUT2D eigenvalue weighted by Gasteiger charge is 2.35. The van der Waals surface area contributed by atoms with Gasteiger partial charge in [-0.3, -0.25) is 4.79 Å². The molecule has 0 aliphatic carbocycles. The van der Waals surface area contributed by atoms with Crippen LogP contribution in [0.3, 0.4) is 0 Å². The third kappa shape index (κ3) is 3.43. The lowest BCUT2D eigenvalue weighted by molar-refractivity contribution is -0.144. The minimum Gasteiger partial charge on any atom is -0.480 e. The number of aliphatic carboxylic acids is 1. The quantitative estimate of drug-likeness (QED) is 0.930. The summed E-state index contributed by atoms with van der Waals surface area (Å²) in [4.78, 5) is 25.5. The number of hydrogen-bond donors (Lipinski definition) is 1. The molecular weight excluding hydrogens is 266 g/mol. The van der Waals surface area contributed by atoms with Crippen LogP contribution in [-0.4, -0.2) is 34.5 Å². The second-order valence-corrected chi connectivity index (χ2v) is 6.26. The van der Waals surface area contributed by atoms with Crippen molar-refractivity contribution >= 4 is 11.9 Å². The molecule has 0 spiro atoms. The smallest absolute Gasteiger partial charge is 0.326 e. The van der Waals surface area contributed by atoms with Crippen LogP contribution in [0.5, 0.6) is 0 Å². The second kappa shape index (κ2) is 6.29. The van der Waals surface area contributed by atoms with Gasteiger partial charge in [0.2, 0.25) is 0 Å². The topological polar surface area (TPSA) is 57.6 Å². The van der Waals surface area contributed by atoms with Gasteiger partial charge in [-0.05, 0) is 42.4 Å². The van der Waals surface area contributed by atoms with Gasteiger partial charge in [-0.25, -0.2) is 4.79 Å². The van der Waals surface area contributed by atoms with Crippen LogP contribution < -0.4 is 0 Å². The van der Waals surface area contributed by atoms with E-state index in [0.717, 1.165) is 6.42 Å². The fourth-order valence-electron chi connectivity index (χ4n) is 2.80. The van der Waals surface area contributed by atoms with Crippen molar-refractivity contribution in [2.75, 3.05) is 6.54 Å². The van der Waals surface area contributed by atoms with E-state index in [1.807, 2.05) is 19.1 Å². The van der Waals surface area contributed by atoms with Crippen LogP contribution in [0, 0.1) is 5.92 Å². The predicted molar refractivity (Wildman–Crippen MR) is 81.4 cm³/mol. The predicted octanol–water partition coefficient (Wildman–Crippen LogP) is 3.14. The van der Waals surface area contributed by atoms with Gasteiger partial charge in [0.1, 0.15) is 6.04 Å². The van der Waals surface area contributed by atoms with Gasteiger partial charge < -0.3 is 10.0 Å². The Hall–Kier alpha value is -1.84. The SMILES string of the molecule is CC1CCN(C(=O)c2ccc(C(C)C)cc2)C(C(=O)O)C1. The van der Waals surface area contributed by atoms with Gasteiger partial charge in [0.15, 0.2) is 0 Å². The third-order valence-electron chi connectivity index (χ3n) is 4.23. The zero-order valence-corrected chi connectivity index (χ0v) is 12.9. The van der Waals surface area contributed by atoms with E-state index in [9.17, 15) is 14.7 Å². The van der Waals surface area contributed by atoms with Crippen molar-refractivity contribution in [2.24, 2.45) is 5.92 Å². The summed E-state index contributed by atoms with van der Waals surface area (Å²) < 4.78 is 0. The van der Waals surface area contributed by atoms with E-state index in [0.29, 0.717) is 30.4 Å². The molecule has 4 nitrogen and oxygen atoms in total. The molecule has 1 saturated heterocycles. The van der Waals surface area contributed by atoms with Gasteiger partial charge in [-0.1, -0.05) is 32.9 Å². The molecule has 1 aromatic rings. The average molecular weight is 289 g/mol. The average Bonchev–Trinajstić information content (AvgIpc) is 2.46. The molecule has 4 heteroatoms. The van der Waals surface area contributed by atoms with Gasteiger partial charge >= 0.3 is 5.97 Å². The van der Waals surface area contributed by atoms with Crippen LogP contribution >= 0.6 is 0 Å². The molecule has 0 saturated carbocycles. The first-order valence-electron chi connectivity index (χ1n) is 7.54. The summed E-state index contributed by atoms with van der Waals surface area (Å²) in [5, 5.41) is 9.35. The summed E-state index contributed by atoms with van der Waals surface area (Å²) in [5.74, 6) is -0.325. The van der Waals surface area contributed by atoms with E-state index in [4.69, 9.17) is 0 Å². The number of nitrogens with zero attached hydrogens (tertiary/aromatic N) is 1. The Bertz CT molecular complexity index is 521. The number of piperidine rings is 1. The molecule has 0 radical (unpaired) electrons. The van der Waals surface area contributed by atoms with Crippen LogP contribution in [-0.2, 0) is 4.79 Å². The van der Waals surface area contributed by atoms with Crippen molar-refractivity contribution in [1.82, 2.24) is 4.90 Å². The van der Waals surface area contributed by atoms with Gasteiger partial charge in [0.25, 0.3) is 5.91 Å². The summed E-state index contributed by atoms with van der Waals surface area (Å²) in [6.45, 7) is 6.75. The van der Waals surface area contributed by atoms with Crippen molar-refractivity contribution < 1.29 is 14.7 Å². The van der Waals surface area contributed by atoms with E-state index in [1.165, 1.54) is 10.5 Å². The highest BCUT2D eigenvalue weighted by atomic mass is 16.4. The van der Waals surface area contributed by atoms with E-state index in [-0.39, 0.29) is 5.91 Å². The monoisotopic (exact) mass is 289 g/mol. The number of rotatable bonds is 3. The maximum atomic E-state index is 12.6. The van der Waals surface area contributed by atoms with E-state index < -0.39 is 12.0 Å². The molecular formula is C17H23NO3. The van der Waals surface area contributed by atoms with E-state index in [2.05, 4.69) is 13.8 Å². The van der Waals surface area contributed by atoms with Crippen LogP contribution in [0.25, 0.3) is 0 Å². The number of carbonyl (C=O) groups is 2. The van der Waals surface area contributed by atoms with Crippen molar-refractivity contribution in [3.8, 4) is 0 Å². The molecule has 1 amide bonds. The lowest BCUT2D eigenvalue weighted by Crippen LogP contribution is -2.49. The molecule has 114 valence electrons. The molecule has 21 heavy (non-hydrogen) atoms. The van der Waals surface area contributed by atoms with Gasteiger partial charge in [-0.2, -0.15) is 0 Å². The fourth-order valence-corrected chi connectivity index (χ4v) is 2.80. The summed E-state index contributed by atoms with van der Waals surface area (Å²) >= 11 is 0. The molecule has 2 rings (SSSR count). The van der Waals surface area contributed by atoms with Gasteiger partial charge in [-0.15, -0.1) is 0 Å². The van der Waals surface area contributed by atoms with Crippen LogP contribution in [0.15, 0.2) is 24.3 Å². The third-order valence-corrected chi connectivity index (χ3v) is 4.23. The van der Waals surface area contributed by atoms with Crippen molar-refractivity contribution in [2.45, 2.75) is 45.6 Å². The van der Waals surface area contributed by atoms with E-state index in [1.54, 1.807) is 12.1 Å². The Morgan fingerprint density at radius 3 is 2.38 bits per heavy atom. The summed E-state index contributed by atoms with van der Waals surface area (Å²) in [5.41, 5.74) is 1.74. The molecule has 1 heterocycles. The number of amides is 1. The molecule has 1 aliphatic rings. The highest BCUT2D eigenvalue weighted by molar-refractivity contribution is 5.96. The molecule has 1 N–H and O–H groups in total. The van der Waals surface area contributed by atoms with Crippen LogP contribution in [0.1, 0.15) is 55.5 Å². The van der Waals surface area contributed by atoms with Crippen LogP contribution in [0.4, 0.5) is 0 Å². The number of benzene rings is 1. The maximum absolute atomic E-state index is 12.6. The second-order valence-electron chi connectivity index (χ2n) is 6.26. The Morgan fingerprint density at radius 2 is 1.86 bits per heavy atom.